The first-order chi connectivity index (χ1) is 13.3. The van der Waals surface area contributed by atoms with Gasteiger partial charge < -0.3 is 0 Å². The Hall–Kier alpha value is -2.30. The molecule has 10 heteroatoms. The summed E-state index contributed by atoms with van der Waals surface area (Å²) in [6.07, 6.45) is 4.24. The lowest BCUT2D eigenvalue weighted by Gasteiger charge is -2.35. The Bertz CT molecular complexity index is 1180. The largest absolute Gasteiger partial charge is 0.292 e. The molecule has 4 rings (SSSR count). The molecule has 1 atom stereocenters. The van der Waals surface area contributed by atoms with Crippen molar-refractivity contribution in [3.8, 4) is 0 Å². The van der Waals surface area contributed by atoms with Crippen LogP contribution in [-0.2, 0) is 23.6 Å². The van der Waals surface area contributed by atoms with Crippen LogP contribution in [0.4, 0.5) is 0 Å². The summed E-state index contributed by atoms with van der Waals surface area (Å²) in [7, 11) is -1.53. The fourth-order valence-electron chi connectivity index (χ4n) is 3.92. The monoisotopic (exact) mass is 404 g/mol. The molecule has 1 aromatic carbocycles. The van der Waals surface area contributed by atoms with Crippen molar-refractivity contribution in [1.82, 2.24) is 28.8 Å². The summed E-state index contributed by atoms with van der Waals surface area (Å²) in [5, 5.41) is 9.22. The number of sulfonamides is 1. The molecule has 1 aliphatic rings. The van der Waals surface area contributed by atoms with E-state index < -0.39 is 10.0 Å². The van der Waals surface area contributed by atoms with Crippen LogP contribution < -0.4 is 10.3 Å². The second kappa shape index (κ2) is 7.26. The number of hydrogen-bond donors (Lipinski definition) is 1. The number of nitrogens with zero attached hydrogens (tertiary/aromatic N) is 5. The normalized spacial score (nSPS) is 18.9. The number of aryl methyl sites for hydroxylation is 1. The van der Waals surface area contributed by atoms with E-state index >= 15 is 0 Å². The molecule has 0 amide bonds. The zero-order valence-corrected chi connectivity index (χ0v) is 16.8. The quantitative estimate of drug-likeness (QED) is 0.664. The van der Waals surface area contributed by atoms with Gasteiger partial charge in [0.1, 0.15) is 0 Å². The number of nitrogens with one attached hydrogen (secondary N) is 1. The van der Waals surface area contributed by atoms with Crippen LogP contribution in [0.1, 0.15) is 25.1 Å². The Labute approximate surface area is 163 Å². The number of likely N-dealkylation sites (tertiary alicyclic amines) is 1. The van der Waals surface area contributed by atoms with Crippen molar-refractivity contribution in [3.05, 3.63) is 40.4 Å². The van der Waals surface area contributed by atoms with E-state index in [0.717, 1.165) is 37.1 Å². The van der Waals surface area contributed by atoms with Gasteiger partial charge in [-0.1, -0.05) is 18.6 Å². The average molecular weight is 404 g/mol. The summed E-state index contributed by atoms with van der Waals surface area (Å²) in [5.74, 6) is 1.24. The molecule has 28 heavy (non-hydrogen) atoms. The first kappa shape index (κ1) is 19.0. The van der Waals surface area contributed by atoms with Crippen molar-refractivity contribution < 1.29 is 8.42 Å². The molecule has 0 spiro atoms. The fraction of sp³-hybridized carbons (Fsp3) is 0.500. The topological polar surface area (TPSA) is 102 Å². The summed E-state index contributed by atoms with van der Waals surface area (Å²) in [5.41, 5.74) is 0.679. The summed E-state index contributed by atoms with van der Waals surface area (Å²) in [4.78, 5) is 14.8. The van der Waals surface area contributed by atoms with E-state index in [4.69, 9.17) is 0 Å². The lowest BCUT2D eigenvalue weighted by atomic mass is 10.0. The highest BCUT2D eigenvalue weighted by Crippen LogP contribution is 2.21. The van der Waals surface area contributed by atoms with Crippen molar-refractivity contribution in [1.29, 1.82) is 0 Å². The maximum atomic E-state index is 12.6. The third kappa shape index (κ3) is 3.54. The summed E-state index contributed by atoms with van der Waals surface area (Å²) >= 11 is 0. The molecule has 150 valence electrons. The van der Waals surface area contributed by atoms with E-state index in [-0.39, 0.29) is 11.6 Å². The third-order valence-corrected chi connectivity index (χ3v) is 6.06. The predicted octanol–water partition coefficient (Wildman–Crippen LogP) is 0.485. The van der Waals surface area contributed by atoms with Crippen molar-refractivity contribution >= 4 is 26.7 Å². The zero-order chi connectivity index (χ0) is 19.9. The summed E-state index contributed by atoms with van der Waals surface area (Å²) in [6.45, 7) is 1.79. The molecule has 3 aromatic rings. The van der Waals surface area contributed by atoms with Crippen LogP contribution in [0.25, 0.3) is 16.7 Å². The van der Waals surface area contributed by atoms with E-state index in [2.05, 4.69) is 19.8 Å². The smallest absolute Gasteiger partial charge is 0.262 e. The van der Waals surface area contributed by atoms with Crippen LogP contribution in [0.15, 0.2) is 29.1 Å². The predicted molar refractivity (Wildman–Crippen MR) is 107 cm³/mol. The van der Waals surface area contributed by atoms with Crippen molar-refractivity contribution in [3.63, 3.8) is 0 Å². The lowest BCUT2D eigenvalue weighted by molar-refractivity contribution is 0.138. The molecule has 0 saturated carbocycles. The van der Waals surface area contributed by atoms with Crippen molar-refractivity contribution in [2.24, 2.45) is 7.05 Å². The highest BCUT2D eigenvalue weighted by molar-refractivity contribution is 7.88. The molecule has 2 aromatic heterocycles. The highest BCUT2D eigenvalue weighted by atomic mass is 32.2. The molecule has 1 fully saturated rings. The SMILES string of the molecule is Cn1c(=O)c2ccccc2n2c(CN3CCCCC3CNS(C)(=O)=O)nnc12. The molecule has 3 heterocycles. The second-order valence-corrected chi connectivity index (χ2v) is 9.21. The maximum absolute atomic E-state index is 12.6. The average Bonchev–Trinajstić information content (AvgIpc) is 3.09. The maximum Gasteiger partial charge on any atom is 0.262 e. The van der Waals surface area contributed by atoms with E-state index in [0.29, 0.717) is 24.3 Å². The molecular weight excluding hydrogens is 380 g/mol. The summed E-state index contributed by atoms with van der Waals surface area (Å²) < 4.78 is 29.1. The van der Waals surface area contributed by atoms with Gasteiger partial charge in [0.2, 0.25) is 15.8 Å². The number of hydrogen-bond acceptors (Lipinski definition) is 6. The van der Waals surface area contributed by atoms with Gasteiger partial charge in [0, 0.05) is 19.6 Å². The van der Waals surface area contributed by atoms with E-state index in [1.165, 1.54) is 10.8 Å². The number of benzene rings is 1. The Morgan fingerprint density at radius 1 is 1.21 bits per heavy atom. The minimum absolute atomic E-state index is 0.102. The highest BCUT2D eigenvalue weighted by Gasteiger charge is 2.25. The van der Waals surface area contributed by atoms with Crippen LogP contribution in [0.5, 0.6) is 0 Å². The fourth-order valence-corrected chi connectivity index (χ4v) is 4.42. The molecule has 0 aliphatic carbocycles. The number of fused-ring (bicyclic) bond motifs is 3. The Kier molecular flexibility index (Phi) is 4.94. The molecule has 1 N–H and O–H groups in total. The van der Waals surface area contributed by atoms with Crippen LogP contribution in [0.2, 0.25) is 0 Å². The van der Waals surface area contributed by atoms with E-state index in [1.54, 1.807) is 13.1 Å². The molecule has 1 unspecified atom stereocenters. The van der Waals surface area contributed by atoms with Gasteiger partial charge in [-0.2, -0.15) is 0 Å². The van der Waals surface area contributed by atoms with Crippen molar-refractivity contribution in [2.75, 3.05) is 19.3 Å². The van der Waals surface area contributed by atoms with Gasteiger partial charge in [0.25, 0.3) is 5.56 Å². The molecule has 1 aliphatic heterocycles. The first-order valence-electron chi connectivity index (χ1n) is 9.35. The van der Waals surface area contributed by atoms with Crippen LogP contribution in [0, 0.1) is 0 Å². The van der Waals surface area contributed by atoms with Crippen LogP contribution in [-0.4, -0.2) is 57.9 Å². The van der Waals surface area contributed by atoms with Crippen LogP contribution >= 0.6 is 0 Å². The van der Waals surface area contributed by atoms with Gasteiger partial charge in [-0.05, 0) is 31.5 Å². The molecule has 0 radical (unpaired) electrons. The second-order valence-electron chi connectivity index (χ2n) is 7.37. The standard InChI is InChI=1S/C18H24N6O3S/c1-22-17(25)14-8-3-4-9-15(14)24-16(20-21-18(22)24)12-23-10-6-5-7-13(23)11-19-28(2,26)27/h3-4,8-9,13,19H,5-7,10-12H2,1-2H3. The van der Waals surface area contributed by atoms with Crippen LogP contribution in [0.3, 0.4) is 0 Å². The first-order valence-corrected chi connectivity index (χ1v) is 11.2. The van der Waals surface area contributed by atoms with Gasteiger partial charge in [0.15, 0.2) is 5.82 Å². The summed E-state index contributed by atoms with van der Waals surface area (Å²) in [6, 6.07) is 7.55. The van der Waals surface area contributed by atoms with Gasteiger partial charge in [-0.15, -0.1) is 10.2 Å². The van der Waals surface area contributed by atoms with E-state index in [1.807, 2.05) is 22.6 Å². The van der Waals surface area contributed by atoms with Gasteiger partial charge in [0.05, 0.1) is 23.7 Å². The number of piperidine rings is 1. The Morgan fingerprint density at radius 2 is 2.00 bits per heavy atom. The van der Waals surface area contributed by atoms with E-state index in [9.17, 15) is 13.2 Å². The number of para-hydroxylation sites is 1. The lowest BCUT2D eigenvalue weighted by Crippen LogP contribution is -2.46. The van der Waals surface area contributed by atoms with Gasteiger partial charge in [-0.3, -0.25) is 18.7 Å². The van der Waals surface area contributed by atoms with Gasteiger partial charge >= 0.3 is 0 Å². The Balaban J connectivity index is 1.72. The molecule has 1 saturated heterocycles. The minimum atomic E-state index is -3.23. The zero-order valence-electron chi connectivity index (χ0n) is 16.0. The van der Waals surface area contributed by atoms with Crippen molar-refractivity contribution in [2.45, 2.75) is 31.8 Å². The molecule has 9 nitrogen and oxygen atoms in total. The number of rotatable bonds is 5. The molecular formula is C18H24N6O3S. The van der Waals surface area contributed by atoms with Gasteiger partial charge in [-0.25, -0.2) is 13.1 Å². The molecule has 0 bridgehead atoms. The third-order valence-electron chi connectivity index (χ3n) is 5.37. The number of aromatic nitrogens is 4. The Morgan fingerprint density at radius 3 is 2.79 bits per heavy atom. The minimum Gasteiger partial charge on any atom is -0.292 e.